The first kappa shape index (κ1) is 14.8. The van der Waals surface area contributed by atoms with Crippen molar-refractivity contribution < 1.29 is 9.21 Å². The van der Waals surface area contributed by atoms with Crippen molar-refractivity contribution in [1.29, 1.82) is 0 Å². The van der Waals surface area contributed by atoms with Gasteiger partial charge in [0.05, 0.1) is 0 Å². The molecular formula is C18H21NO3. The van der Waals surface area contributed by atoms with Gasteiger partial charge in [-0.15, -0.1) is 0 Å². The number of amides is 1. The molecule has 1 aromatic carbocycles. The SMILES string of the molecule is O=C(NC1CCCCCCC1)c1cc2ccccc2oc1=O. The Morgan fingerprint density at radius 3 is 2.50 bits per heavy atom. The van der Waals surface area contributed by atoms with Crippen molar-refractivity contribution in [1.82, 2.24) is 5.32 Å². The Kier molecular flexibility index (Phi) is 4.56. The molecule has 3 rings (SSSR count). The Labute approximate surface area is 129 Å². The minimum atomic E-state index is -0.568. The Hall–Kier alpha value is -2.10. The van der Waals surface area contributed by atoms with E-state index in [1.54, 1.807) is 18.2 Å². The zero-order chi connectivity index (χ0) is 15.4. The highest BCUT2D eigenvalue weighted by atomic mass is 16.4. The van der Waals surface area contributed by atoms with Crippen molar-refractivity contribution >= 4 is 16.9 Å². The van der Waals surface area contributed by atoms with Gasteiger partial charge in [-0.1, -0.05) is 50.3 Å². The molecule has 1 heterocycles. The maximum absolute atomic E-state index is 12.4. The molecule has 1 N–H and O–H groups in total. The number of nitrogens with one attached hydrogen (secondary N) is 1. The molecule has 22 heavy (non-hydrogen) atoms. The van der Waals surface area contributed by atoms with Crippen LogP contribution in [0.1, 0.15) is 55.3 Å². The summed E-state index contributed by atoms with van der Waals surface area (Å²) in [6, 6.07) is 9.02. The molecule has 0 radical (unpaired) electrons. The molecule has 4 heteroatoms. The van der Waals surface area contributed by atoms with Gasteiger partial charge in [0.2, 0.25) is 0 Å². The molecule has 1 fully saturated rings. The highest BCUT2D eigenvalue weighted by Crippen LogP contribution is 2.18. The molecular weight excluding hydrogens is 278 g/mol. The number of benzene rings is 1. The number of hydrogen-bond donors (Lipinski definition) is 1. The van der Waals surface area contributed by atoms with Gasteiger partial charge in [-0.25, -0.2) is 4.79 Å². The summed E-state index contributed by atoms with van der Waals surface area (Å²) >= 11 is 0. The first-order valence-corrected chi connectivity index (χ1v) is 8.08. The lowest BCUT2D eigenvalue weighted by atomic mass is 9.96. The third kappa shape index (κ3) is 3.38. The molecule has 1 saturated carbocycles. The van der Waals surface area contributed by atoms with E-state index in [1.807, 2.05) is 12.1 Å². The van der Waals surface area contributed by atoms with Gasteiger partial charge in [-0.05, 0) is 25.0 Å². The number of carbonyl (C=O) groups excluding carboxylic acids is 1. The van der Waals surface area contributed by atoms with Crippen LogP contribution in [0.25, 0.3) is 11.0 Å². The minimum absolute atomic E-state index is 0.0979. The van der Waals surface area contributed by atoms with Crippen LogP contribution >= 0.6 is 0 Å². The molecule has 1 aliphatic carbocycles. The average molecular weight is 299 g/mol. The van der Waals surface area contributed by atoms with Crippen molar-refractivity contribution in [3.63, 3.8) is 0 Å². The second-order valence-corrected chi connectivity index (χ2v) is 6.00. The van der Waals surface area contributed by atoms with Crippen molar-refractivity contribution in [2.45, 2.75) is 51.0 Å². The smallest absolute Gasteiger partial charge is 0.349 e. The maximum atomic E-state index is 12.4. The highest BCUT2D eigenvalue weighted by molar-refractivity contribution is 5.96. The first-order chi connectivity index (χ1) is 10.7. The molecule has 1 amide bonds. The zero-order valence-corrected chi connectivity index (χ0v) is 12.6. The Morgan fingerprint density at radius 2 is 1.73 bits per heavy atom. The van der Waals surface area contributed by atoms with Crippen molar-refractivity contribution in [2.75, 3.05) is 0 Å². The van der Waals surface area contributed by atoms with Crippen molar-refractivity contribution in [2.24, 2.45) is 0 Å². The lowest BCUT2D eigenvalue weighted by molar-refractivity contribution is 0.0927. The van der Waals surface area contributed by atoms with Gasteiger partial charge >= 0.3 is 5.63 Å². The van der Waals surface area contributed by atoms with Gasteiger partial charge in [0, 0.05) is 11.4 Å². The topological polar surface area (TPSA) is 59.3 Å². The van der Waals surface area contributed by atoms with Crippen LogP contribution in [-0.4, -0.2) is 11.9 Å². The second kappa shape index (κ2) is 6.77. The van der Waals surface area contributed by atoms with Gasteiger partial charge in [-0.3, -0.25) is 4.79 Å². The van der Waals surface area contributed by atoms with Crippen molar-refractivity contribution in [3.8, 4) is 0 Å². The van der Waals surface area contributed by atoms with E-state index in [1.165, 1.54) is 19.3 Å². The fourth-order valence-electron chi connectivity index (χ4n) is 3.08. The third-order valence-electron chi connectivity index (χ3n) is 4.33. The van der Waals surface area contributed by atoms with Crippen LogP contribution in [-0.2, 0) is 0 Å². The minimum Gasteiger partial charge on any atom is -0.422 e. The number of rotatable bonds is 2. The van der Waals surface area contributed by atoms with E-state index in [-0.39, 0.29) is 17.5 Å². The lowest BCUT2D eigenvalue weighted by Gasteiger charge is -2.20. The highest BCUT2D eigenvalue weighted by Gasteiger charge is 2.18. The molecule has 4 nitrogen and oxygen atoms in total. The quantitative estimate of drug-likeness (QED) is 0.861. The lowest BCUT2D eigenvalue weighted by Crippen LogP contribution is -2.37. The number of fused-ring (bicyclic) bond motifs is 1. The van der Waals surface area contributed by atoms with Gasteiger partial charge in [0.25, 0.3) is 5.91 Å². The fraction of sp³-hybridized carbons (Fsp3) is 0.444. The predicted molar refractivity (Wildman–Crippen MR) is 86.1 cm³/mol. The molecule has 116 valence electrons. The average Bonchev–Trinajstić information content (AvgIpc) is 2.49. The molecule has 0 spiro atoms. The third-order valence-corrected chi connectivity index (χ3v) is 4.33. The summed E-state index contributed by atoms with van der Waals surface area (Å²) in [5.41, 5.74) is 0.0396. The summed E-state index contributed by atoms with van der Waals surface area (Å²) in [5, 5.41) is 3.78. The second-order valence-electron chi connectivity index (χ2n) is 6.00. The first-order valence-electron chi connectivity index (χ1n) is 8.08. The van der Waals surface area contributed by atoms with E-state index < -0.39 is 5.63 Å². The van der Waals surface area contributed by atoms with Crippen LogP contribution in [0.2, 0.25) is 0 Å². The summed E-state index contributed by atoms with van der Waals surface area (Å²) in [6.45, 7) is 0. The van der Waals surface area contributed by atoms with Gasteiger partial charge in [0.1, 0.15) is 11.1 Å². The normalized spacial score (nSPS) is 16.9. The van der Waals surface area contributed by atoms with Gasteiger partial charge in [-0.2, -0.15) is 0 Å². The van der Waals surface area contributed by atoms with E-state index in [4.69, 9.17) is 4.42 Å². The summed E-state index contributed by atoms with van der Waals surface area (Å²) in [5.74, 6) is -0.315. The number of carbonyl (C=O) groups is 1. The van der Waals surface area contributed by atoms with Crippen LogP contribution in [0, 0.1) is 0 Å². The van der Waals surface area contributed by atoms with E-state index in [2.05, 4.69) is 5.32 Å². The zero-order valence-electron chi connectivity index (χ0n) is 12.6. The molecule has 0 unspecified atom stereocenters. The Balaban J connectivity index is 1.79. The largest absolute Gasteiger partial charge is 0.422 e. The van der Waals surface area contributed by atoms with Crippen LogP contribution < -0.4 is 10.9 Å². The van der Waals surface area contributed by atoms with Crippen LogP contribution in [0.3, 0.4) is 0 Å². The monoisotopic (exact) mass is 299 g/mol. The van der Waals surface area contributed by atoms with E-state index in [0.29, 0.717) is 5.58 Å². The van der Waals surface area contributed by atoms with E-state index in [9.17, 15) is 9.59 Å². The van der Waals surface area contributed by atoms with Gasteiger partial charge < -0.3 is 9.73 Å². The number of hydrogen-bond acceptors (Lipinski definition) is 3. The maximum Gasteiger partial charge on any atom is 0.349 e. The number of para-hydroxylation sites is 1. The summed E-state index contributed by atoms with van der Waals surface area (Å²) in [6.07, 6.45) is 7.99. The summed E-state index contributed by atoms with van der Waals surface area (Å²) < 4.78 is 5.23. The standard InChI is InChI=1S/C18H21NO3/c20-17(19-14-9-4-2-1-3-5-10-14)15-12-13-8-6-7-11-16(13)22-18(15)21/h6-8,11-12,14H,1-5,9-10H2,(H,19,20). The van der Waals surface area contributed by atoms with Crippen molar-refractivity contribution in [3.05, 3.63) is 46.3 Å². The molecule has 1 aliphatic rings. The van der Waals surface area contributed by atoms with Gasteiger partial charge in [0.15, 0.2) is 0 Å². The molecule has 2 aromatic rings. The van der Waals surface area contributed by atoms with E-state index in [0.717, 1.165) is 31.1 Å². The van der Waals surface area contributed by atoms with Crippen LogP contribution in [0.4, 0.5) is 0 Å². The summed E-state index contributed by atoms with van der Waals surface area (Å²) in [7, 11) is 0. The van der Waals surface area contributed by atoms with Crippen LogP contribution in [0.5, 0.6) is 0 Å². The molecule has 0 bridgehead atoms. The molecule has 0 saturated heterocycles. The fourth-order valence-corrected chi connectivity index (χ4v) is 3.08. The van der Waals surface area contributed by atoms with E-state index >= 15 is 0 Å². The van der Waals surface area contributed by atoms with Crippen LogP contribution in [0.15, 0.2) is 39.5 Å². The Morgan fingerprint density at radius 1 is 1.05 bits per heavy atom. The molecule has 0 atom stereocenters. The molecule has 0 aliphatic heterocycles. The predicted octanol–water partition coefficient (Wildman–Crippen LogP) is 3.64. The molecule has 1 aromatic heterocycles. The summed E-state index contributed by atoms with van der Waals surface area (Å²) in [4.78, 5) is 24.4. The Bertz CT molecular complexity index is 712.